The Balaban J connectivity index is 1.25. The van der Waals surface area contributed by atoms with Crippen LogP contribution in [0.15, 0.2) is 85.9 Å². The Bertz CT molecular complexity index is 2210. The van der Waals surface area contributed by atoms with Crippen LogP contribution < -0.4 is 26.7 Å². The van der Waals surface area contributed by atoms with E-state index in [0.29, 0.717) is 90.5 Å². The van der Waals surface area contributed by atoms with Crippen molar-refractivity contribution in [2.24, 2.45) is 23.5 Å². The van der Waals surface area contributed by atoms with E-state index >= 15 is 0 Å². The first-order valence-corrected chi connectivity index (χ1v) is 22.7. The number of dihydropyridines is 1. The summed E-state index contributed by atoms with van der Waals surface area (Å²) in [6.07, 6.45) is 12.7. The molecule has 0 radical (unpaired) electrons. The molecule has 4 aliphatic heterocycles. The number of amides is 1. The van der Waals surface area contributed by atoms with Crippen LogP contribution >= 0.6 is 21.6 Å². The van der Waals surface area contributed by atoms with E-state index in [-0.39, 0.29) is 48.8 Å². The molecule has 6 N–H and O–H groups in total. The molecule has 0 saturated carbocycles. The monoisotopic (exact) mass is 830 g/mol. The molecule has 6 aliphatic rings. The van der Waals surface area contributed by atoms with Gasteiger partial charge in [0.2, 0.25) is 5.91 Å². The smallest absolute Gasteiger partial charge is 0.339 e. The number of esters is 1. The Morgan fingerprint density at radius 1 is 1.24 bits per heavy atom. The zero-order valence-electron chi connectivity index (χ0n) is 33.5. The number of nitrogens with one attached hydrogen (secondary N) is 2. The van der Waals surface area contributed by atoms with E-state index in [9.17, 15) is 24.6 Å². The number of carbonyl (C=O) groups is 2. The number of ether oxygens (including phenoxy) is 2. The molecule has 8 atom stereocenters. The fraction of sp³-hybridized carbons (Fsp3) is 0.523. The number of aliphatic hydroxyl groups is 2. The van der Waals surface area contributed by atoms with Gasteiger partial charge in [-0.25, -0.2) is 9.59 Å². The molecule has 2 aromatic rings. The van der Waals surface area contributed by atoms with Crippen molar-refractivity contribution in [1.82, 2.24) is 15.5 Å². The van der Waals surface area contributed by atoms with Crippen LogP contribution in [0.25, 0.3) is 11.0 Å². The van der Waals surface area contributed by atoms with Gasteiger partial charge in [0.15, 0.2) is 11.2 Å². The number of benzene rings is 1. The van der Waals surface area contributed by atoms with Crippen LogP contribution in [0, 0.1) is 17.8 Å². The topological polar surface area (TPSA) is 177 Å². The summed E-state index contributed by atoms with van der Waals surface area (Å²) in [7, 11) is 5.55. The van der Waals surface area contributed by atoms with E-state index in [2.05, 4.69) is 33.8 Å². The highest BCUT2D eigenvalue weighted by molar-refractivity contribution is 8.77. The van der Waals surface area contributed by atoms with Crippen molar-refractivity contribution >= 4 is 44.4 Å². The van der Waals surface area contributed by atoms with Gasteiger partial charge in [-0.1, -0.05) is 51.5 Å². The van der Waals surface area contributed by atoms with Crippen LogP contribution in [0.4, 0.5) is 0 Å². The Morgan fingerprint density at radius 3 is 2.83 bits per heavy atom. The zero-order valence-corrected chi connectivity index (χ0v) is 35.2. The van der Waals surface area contributed by atoms with Gasteiger partial charge in [-0.2, -0.15) is 0 Å². The summed E-state index contributed by atoms with van der Waals surface area (Å²) in [5.41, 5.74) is 8.82. The van der Waals surface area contributed by atoms with Gasteiger partial charge >= 0.3 is 11.6 Å². The molecule has 1 aromatic carbocycles. The maximum Gasteiger partial charge on any atom is 0.339 e. The Hall–Kier alpha value is -3.95. The number of likely N-dealkylation sites (N-methyl/N-ethyl adjacent to an activating group) is 1. The first-order chi connectivity index (χ1) is 27.9. The fourth-order valence-corrected chi connectivity index (χ4v) is 12.8. The summed E-state index contributed by atoms with van der Waals surface area (Å²) in [6.45, 7) is 6.48. The molecule has 1 amide bonds. The van der Waals surface area contributed by atoms with Crippen LogP contribution in [0.3, 0.4) is 0 Å². The second-order valence-electron chi connectivity index (χ2n) is 16.8. The van der Waals surface area contributed by atoms with E-state index in [1.807, 2.05) is 39.1 Å². The molecular weight excluding hydrogens is 777 g/mol. The Morgan fingerprint density at radius 2 is 2.07 bits per heavy atom. The number of allylic oxidation sites excluding steroid dienone is 2. The molecule has 5 heterocycles. The Labute approximate surface area is 346 Å². The SMILES string of the molecule is CC=C(C)C(=O)OC1(C)CC=C2CSSC3C=CC(NC)C4CN(C(=O)CC5=C(C=C(N)NC5)C2C12Cc1cc5cc(CC(CO)CCCO)c(=O)oc5cc1O2)C34. The Kier molecular flexibility index (Phi) is 11.4. The van der Waals surface area contributed by atoms with E-state index in [1.165, 1.54) is 0 Å². The average molecular weight is 831 g/mol. The van der Waals surface area contributed by atoms with Crippen molar-refractivity contribution in [3.8, 4) is 5.75 Å². The summed E-state index contributed by atoms with van der Waals surface area (Å²) in [5.74, 6) is 1.01. The molecular formula is C44H54N4O8S2. The van der Waals surface area contributed by atoms with E-state index < -0.39 is 28.7 Å². The summed E-state index contributed by atoms with van der Waals surface area (Å²) >= 11 is 0. The summed E-state index contributed by atoms with van der Waals surface area (Å²) in [5, 5.41) is 27.0. The van der Waals surface area contributed by atoms with Crippen molar-refractivity contribution in [3.63, 3.8) is 0 Å². The van der Waals surface area contributed by atoms with Gasteiger partial charge in [0, 0.05) is 79.4 Å². The highest BCUT2D eigenvalue weighted by atomic mass is 33.1. The highest BCUT2D eigenvalue weighted by Gasteiger charge is 2.64. The lowest BCUT2D eigenvalue weighted by atomic mass is 9.61. The summed E-state index contributed by atoms with van der Waals surface area (Å²) in [6, 6.07) is 5.90. The zero-order chi connectivity index (χ0) is 40.9. The minimum absolute atomic E-state index is 0.0107. The molecule has 0 bridgehead atoms. The first kappa shape index (κ1) is 40.8. The molecule has 1 saturated heterocycles. The fourth-order valence-electron chi connectivity index (χ4n) is 9.88. The van der Waals surface area contributed by atoms with Crippen LogP contribution in [0.2, 0.25) is 0 Å². The van der Waals surface area contributed by atoms with E-state index in [1.54, 1.807) is 40.7 Å². The largest absolute Gasteiger partial charge is 0.481 e. The van der Waals surface area contributed by atoms with E-state index in [4.69, 9.17) is 19.6 Å². The first-order valence-electron chi connectivity index (χ1n) is 20.3. The van der Waals surface area contributed by atoms with Gasteiger partial charge in [-0.15, -0.1) is 0 Å². The average Bonchev–Trinajstić information content (AvgIpc) is 3.56. The van der Waals surface area contributed by atoms with Crippen LogP contribution in [0.1, 0.15) is 57.6 Å². The van der Waals surface area contributed by atoms with Crippen molar-refractivity contribution in [2.75, 3.05) is 39.1 Å². The van der Waals surface area contributed by atoms with Crippen molar-refractivity contribution in [3.05, 3.63) is 98.2 Å². The lowest BCUT2D eigenvalue weighted by Gasteiger charge is -2.55. The lowest BCUT2D eigenvalue weighted by Crippen LogP contribution is -2.68. The second kappa shape index (κ2) is 16.2. The number of nitrogens with two attached hydrogens (primary N) is 1. The predicted molar refractivity (Wildman–Crippen MR) is 227 cm³/mol. The maximum atomic E-state index is 14.4. The molecule has 12 nitrogen and oxygen atoms in total. The molecule has 2 aliphatic carbocycles. The van der Waals surface area contributed by atoms with Crippen molar-refractivity contribution in [2.45, 2.75) is 87.8 Å². The van der Waals surface area contributed by atoms with Gasteiger partial charge in [0.05, 0.1) is 29.5 Å². The van der Waals surface area contributed by atoms with Crippen molar-refractivity contribution in [1.29, 1.82) is 0 Å². The number of nitrogens with zero attached hydrogens (tertiary/aromatic N) is 1. The summed E-state index contributed by atoms with van der Waals surface area (Å²) < 4.78 is 19.8. The third kappa shape index (κ3) is 7.12. The number of carbonyl (C=O) groups excluding carboxylic acids is 2. The van der Waals surface area contributed by atoms with E-state index in [0.717, 1.165) is 22.3 Å². The maximum absolute atomic E-state index is 14.4. The molecule has 8 unspecified atom stereocenters. The number of hydrogen-bond acceptors (Lipinski definition) is 13. The summed E-state index contributed by atoms with van der Waals surface area (Å²) in [4.78, 5) is 43.6. The minimum atomic E-state index is -1.19. The molecule has 1 fully saturated rings. The van der Waals surface area contributed by atoms with Gasteiger partial charge in [0.1, 0.15) is 11.3 Å². The van der Waals surface area contributed by atoms with Gasteiger partial charge in [-0.3, -0.25) is 4.79 Å². The molecule has 58 heavy (non-hydrogen) atoms. The third-order valence-corrected chi connectivity index (χ3v) is 16.0. The van der Waals surface area contributed by atoms with Crippen LogP contribution in [-0.4, -0.2) is 94.6 Å². The minimum Gasteiger partial charge on any atom is -0.481 e. The van der Waals surface area contributed by atoms with Crippen LogP contribution in [-0.2, 0) is 27.2 Å². The molecule has 310 valence electrons. The number of fused-ring (bicyclic) bond motifs is 5. The molecule has 1 spiro atoms. The third-order valence-electron chi connectivity index (χ3n) is 13.3. The highest BCUT2D eigenvalue weighted by Crippen LogP contribution is 2.58. The number of aliphatic hydroxyl groups excluding tert-OH is 2. The standard InChI is InChI=1S/C44H54N4O8S2/c1-5-24(2)41(52)56-43(3)11-10-26-23-57-58-36-9-8-33(46-4)32-21-48(40(32)36)38(51)16-30-20-47-37(45)17-31(30)39(26)44(43)19-29-15-27-14-28(13-25(22-50)7-6-12-49)42(53)54-34(27)18-35(29)55-44/h5,8-10,14-15,17-18,25,32-33,36,39-40,46-47,49-50H,6-7,11-13,16,19-23,45H2,1-4H3. The lowest BCUT2D eigenvalue weighted by molar-refractivity contribution is -0.186. The van der Waals surface area contributed by atoms with Crippen LogP contribution in [0.5, 0.6) is 5.75 Å². The van der Waals surface area contributed by atoms with Gasteiger partial charge in [0.25, 0.3) is 0 Å². The second-order valence-corrected chi connectivity index (χ2v) is 19.3. The quantitative estimate of drug-likeness (QED) is 0.0790. The number of rotatable bonds is 9. The molecule has 14 heteroatoms. The van der Waals surface area contributed by atoms with Crippen molar-refractivity contribution < 1.29 is 33.7 Å². The normalized spacial score (nSPS) is 31.0. The molecule has 1 aromatic heterocycles. The van der Waals surface area contributed by atoms with Gasteiger partial charge < -0.3 is 45.4 Å². The predicted octanol–water partition coefficient (Wildman–Crippen LogP) is 4.44. The molecule has 8 rings (SSSR count). The number of hydrogen-bond donors (Lipinski definition) is 5. The van der Waals surface area contributed by atoms with Gasteiger partial charge in [-0.05, 0) is 87.9 Å².